The topological polar surface area (TPSA) is 21.3 Å². The van der Waals surface area contributed by atoms with Crippen LogP contribution in [0.3, 0.4) is 0 Å². The SMILES string of the molecule is CC(C)NCC(CCCC1CCCO1)c1cccc(F)c1. The van der Waals surface area contributed by atoms with Crippen LogP contribution >= 0.6 is 0 Å². The smallest absolute Gasteiger partial charge is 0.123 e. The first-order valence-corrected chi connectivity index (χ1v) is 8.25. The van der Waals surface area contributed by atoms with Gasteiger partial charge in [0.15, 0.2) is 0 Å². The van der Waals surface area contributed by atoms with Crippen LogP contribution in [0.4, 0.5) is 4.39 Å². The predicted octanol–water partition coefficient (Wildman–Crippen LogP) is 4.26. The van der Waals surface area contributed by atoms with Crippen LogP contribution in [0, 0.1) is 5.82 Å². The van der Waals surface area contributed by atoms with E-state index in [0.29, 0.717) is 18.1 Å². The molecule has 118 valence electrons. The van der Waals surface area contributed by atoms with Gasteiger partial charge in [-0.1, -0.05) is 32.4 Å². The molecule has 0 radical (unpaired) electrons. The van der Waals surface area contributed by atoms with Crippen molar-refractivity contribution in [2.75, 3.05) is 13.2 Å². The average molecular weight is 293 g/mol. The van der Waals surface area contributed by atoms with E-state index < -0.39 is 0 Å². The third kappa shape index (κ3) is 5.76. The van der Waals surface area contributed by atoms with Gasteiger partial charge in [-0.25, -0.2) is 4.39 Å². The zero-order valence-electron chi connectivity index (χ0n) is 13.3. The second-order valence-corrected chi connectivity index (χ2v) is 6.38. The molecule has 0 aliphatic carbocycles. The number of hydrogen-bond acceptors (Lipinski definition) is 2. The van der Waals surface area contributed by atoms with E-state index >= 15 is 0 Å². The summed E-state index contributed by atoms with van der Waals surface area (Å²) in [5.74, 6) is 0.241. The van der Waals surface area contributed by atoms with Crippen molar-refractivity contribution in [3.8, 4) is 0 Å². The minimum Gasteiger partial charge on any atom is -0.378 e. The molecule has 1 saturated heterocycles. The summed E-state index contributed by atoms with van der Waals surface area (Å²) in [5, 5.41) is 3.49. The average Bonchev–Trinajstić information content (AvgIpc) is 2.95. The molecule has 2 atom stereocenters. The van der Waals surface area contributed by atoms with Gasteiger partial charge in [0, 0.05) is 19.2 Å². The first kappa shape index (κ1) is 16.4. The zero-order chi connectivity index (χ0) is 15.1. The molecule has 0 bridgehead atoms. The van der Waals surface area contributed by atoms with E-state index in [2.05, 4.69) is 19.2 Å². The molecule has 2 unspecified atom stereocenters. The summed E-state index contributed by atoms with van der Waals surface area (Å²) in [6.45, 7) is 6.13. The van der Waals surface area contributed by atoms with Gasteiger partial charge in [-0.2, -0.15) is 0 Å². The highest BCUT2D eigenvalue weighted by molar-refractivity contribution is 5.21. The van der Waals surface area contributed by atoms with Gasteiger partial charge in [0.25, 0.3) is 0 Å². The van der Waals surface area contributed by atoms with Crippen molar-refractivity contribution >= 4 is 0 Å². The Kier molecular flexibility index (Phi) is 6.65. The van der Waals surface area contributed by atoms with Crippen molar-refractivity contribution in [3.05, 3.63) is 35.6 Å². The quantitative estimate of drug-likeness (QED) is 0.773. The van der Waals surface area contributed by atoms with E-state index in [1.165, 1.54) is 18.9 Å². The van der Waals surface area contributed by atoms with Crippen molar-refractivity contribution < 1.29 is 9.13 Å². The summed E-state index contributed by atoms with van der Waals surface area (Å²) in [4.78, 5) is 0. The zero-order valence-corrected chi connectivity index (χ0v) is 13.3. The Morgan fingerprint density at radius 2 is 2.24 bits per heavy atom. The van der Waals surface area contributed by atoms with E-state index in [-0.39, 0.29) is 5.82 Å². The van der Waals surface area contributed by atoms with Gasteiger partial charge >= 0.3 is 0 Å². The van der Waals surface area contributed by atoms with E-state index in [9.17, 15) is 4.39 Å². The Bertz CT molecular complexity index is 415. The standard InChI is InChI=1S/C18H28FNO/c1-14(2)20-13-16(15-6-3-8-17(19)12-15)7-4-9-18-10-5-11-21-18/h3,6,8,12,14,16,18,20H,4-5,7,9-11,13H2,1-2H3. The maximum atomic E-state index is 13.5. The first-order valence-electron chi connectivity index (χ1n) is 8.25. The molecule has 3 heteroatoms. The highest BCUT2D eigenvalue weighted by atomic mass is 19.1. The third-order valence-electron chi connectivity index (χ3n) is 4.20. The third-order valence-corrected chi connectivity index (χ3v) is 4.20. The van der Waals surface area contributed by atoms with Gasteiger partial charge in [0.1, 0.15) is 5.82 Å². The van der Waals surface area contributed by atoms with Crippen molar-refractivity contribution in [3.63, 3.8) is 0 Å². The van der Waals surface area contributed by atoms with E-state index in [0.717, 1.165) is 38.0 Å². The Hall–Kier alpha value is -0.930. The highest BCUT2D eigenvalue weighted by Crippen LogP contribution is 2.25. The first-order chi connectivity index (χ1) is 10.1. The maximum Gasteiger partial charge on any atom is 0.123 e. The van der Waals surface area contributed by atoms with Crippen LogP contribution in [0.25, 0.3) is 0 Å². The molecule has 1 aliphatic heterocycles. The van der Waals surface area contributed by atoms with Crippen molar-refractivity contribution in [1.82, 2.24) is 5.32 Å². The van der Waals surface area contributed by atoms with Crippen LogP contribution in [0.1, 0.15) is 57.4 Å². The molecule has 0 spiro atoms. The number of benzene rings is 1. The van der Waals surface area contributed by atoms with Crippen molar-refractivity contribution in [2.24, 2.45) is 0 Å². The monoisotopic (exact) mass is 293 g/mol. The van der Waals surface area contributed by atoms with Gasteiger partial charge in [-0.15, -0.1) is 0 Å². The van der Waals surface area contributed by atoms with Crippen LogP contribution in [-0.4, -0.2) is 25.3 Å². The summed E-state index contributed by atoms with van der Waals surface area (Å²) < 4.78 is 19.1. The molecular formula is C18H28FNO. The number of hydrogen-bond donors (Lipinski definition) is 1. The lowest BCUT2D eigenvalue weighted by molar-refractivity contribution is 0.101. The van der Waals surface area contributed by atoms with Crippen LogP contribution < -0.4 is 5.32 Å². The van der Waals surface area contributed by atoms with Crippen LogP contribution in [0.15, 0.2) is 24.3 Å². The molecular weight excluding hydrogens is 265 g/mol. The molecule has 1 heterocycles. The van der Waals surface area contributed by atoms with Crippen molar-refractivity contribution in [1.29, 1.82) is 0 Å². The highest BCUT2D eigenvalue weighted by Gasteiger charge is 2.17. The molecule has 0 aromatic heterocycles. The normalized spacial score (nSPS) is 20.1. The molecule has 1 N–H and O–H groups in total. The summed E-state index contributed by atoms with van der Waals surface area (Å²) in [7, 11) is 0. The van der Waals surface area contributed by atoms with Crippen LogP contribution in [0.5, 0.6) is 0 Å². The molecule has 21 heavy (non-hydrogen) atoms. The second-order valence-electron chi connectivity index (χ2n) is 6.38. The van der Waals surface area contributed by atoms with Gasteiger partial charge < -0.3 is 10.1 Å². The van der Waals surface area contributed by atoms with Gasteiger partial charge in [-0.3, -0.25) is 0 Å². The Morgan fingerprint density at radius 3 is 2.90 bits per heavy atom. The largest absolute Gasteiger partial charge is 0.378 e. The Balaban J connectivity index is 1.88. The Labute approximate surface area is 128 Å². The number of halogens is 1. The molecule has 1 aromatic carbocycles. The van der Waals surface area contributed by atoms with Crippen molar-refractivity contribution in [2.45, 2.75) is 64.0 Å². The molecule has 1 fully saturated rings. The second kappa shape index (κ2) is 8.50. The molecule has 1 aliphatic rings. The minimum absolute atomic E-state index is 0.138. The summed E-state index contributed by atoms with van der Waals surface area (Å²) in [5.41, 5.74) is 1.11. The summed E-state index contributed by atoms with van der Waals surface area (Å²) >= 11 is 0. The predicted molar refractivity (Wildman–Crippen MR) is 85.1 cm³/mol. The van der Waals surface area contributed by atoms with Gasteiger partial charge in [0.05, 0.1) is 6.10 Å². The number of nitrogens with one attached hydrogen (secondary N) is 1. The number of ether oxygens (including phenoxy) is 1. The minimum atomic E-state index is -0.138. The fourth-order valence-electron chi connectivity index (χ4n) is 2.99. The lowest BCUT2D eigenvalue weighted by atomic mass is 9.92. The van der Waals surface area contributed by atoms with Crippen LogP contribution in [0.2, 0.25) is 0 Å². The fraction of sp³-hybridized carbons (Fsp3) is 0.667. The Morgan fingerprint density at radius 1 is 1.38 bits per heavy atom. The lowest BCUT2D eigenvalue weighted by Crippen LogP contribution is -2.28. The maximum absolute atomic E-state index is 13.5. The summed E-state index contributed by atoms with van der Waals surface area (Å²) in [6.07, 6.45) is 6.22. The van der Waals surface area contributed by atoms with Gasteiger partial charge in [0.2, 0.25) is 0 Å². The molecule has 1 aromatic rings. The number of rotatable bonds is 8. The lowest BCUT2D eigenvalue weighted by Gasteiger charge is -2.20. The fourth-order valence-corrected chi connectivity index (χ4v) is 2.99. The van der Waals surface area contributed by atoms with Gasteiger partial charge in [-0.05, 0) is 49.3 Å². The molecule has 2 rings (SSSR count). The van der Waals surface area contributed by atoms with Crippen LogP contribution in [-0.2, 0) is 4.74 Å². The van der Waals surface area contributed by atoms with E-state index in [1.54, 1.807) is 6.07 Å². The summed E-state index contributed by atoms with van der Waals surface area (Å²) in [6, 6.07) is 7.51. The molecule has 2 nitrogen and oxygen atoms in total. The molecule has 0 amide bonds. The van der Waals surface area contributed by atoms with E-state index in [1.807, 2.05) is 12.1 Å². The molecule has 0 saturated carbocycles. The van der Waals surface area contributed by atoms with E-state index in [4.69, 9.17) is 4.74 Å².